The molecule has 0 atom stereocenters. The van der Waals surface area contributed by atoms with Crippen molar-refractivity contribution in [2.45, 2.75) is 24.1 Å². The molecule has 6 heteroatoms. The van der Waals surface area contributed by atoms with Crippen LogP contribution in [-0.4, -0.2) is 25.8 Å². The highest BCUT2D eigenvalue weighted by Gasteiger charge is 2.21. The summed E-state index contributed by atoms with van der Waals surface area (Å²) in [6.07, 6.45) is 0. The van der Waals surface area contributed by atoms with E-state index in [-0.39, 0.29) is 28.1 Å². The second kappa shape index (κ2) is 8.22. The fourth-order valence-corrected chi connectivity index (χ4v) is 4.02. The van der Waals surface area contributed by atoms with Crippen molar-refractivity contribution in [1.82, 2.24) is 4.90 Å². The van der Waals surface area contributed by atoms with Crippen LogP contribution in [0.5, 0.6) is 0 Å². The molecule has 0 spiro atoms. The molecular formula is C21H21NO4S. The van der Waals surface area contributed by atoms with Gasteiger partial charge in [0.15, 0.2) is 15.6 Å². The molecule has 140 valence electrons. The summed E-state index contributed by atoms with van der Waals surface area (Å²) in [7, 11) is -3.52. The number of carbonyl (C=O) groups is 1. The lowest BCUT2D eigenvalue weighted by atomic mass is 10.2. The van der Waals surface area contributed by atoms with Gasteiger partial charge < -0.3 is 9.32 Å². The van der Waals surface area contributed by atoms with Crippen LogP contribution in [0.3, 0.4) is 0 Å². The molecule has 0 bridgehead atoms. The molecule has 0 saturated heterocycles. The smallest absolute Gasteiger partial charge is 0.289 e. The average molecular weight is 383 g/mol. The van der Waals surface area contributed by atoms with E-state index in [4.69, 9.17) is 4.42 Å². The third kappa shape index (κ3) is 4.65. The molecule has 5 nitrogen and oxygen atoms in total. The molecule has 1 heterocycles. The van der Waals surface area contributed by atoms with Gasteiger partial charge in [0.1, 0.15) is 11.5 Å². The minimum Gasteiger partial charge on any atom is -0.455 e. The first-order chi connectivity index (χ1) is 13.0. The third-order valence-corrected chi connectivity index (χ3v) is 5.85. The Morgan fingerprint density at radius 1 is 0.926 bits per heavy atom. The quantitative estimate of drug-likeness (QED) is 0.620. The first-order valence-electron chi connectivity index (χ1n) is 8.69. The van der Waals surface area contributed by atoms with Crippen LogP contribution in [0.1, 0.15) is 28.8 Å². The van der Waals surface area contributed by atoms with Crippen LogP contribution < -0.4 is 0 Å². The van der Waals surface area contributed by atoms with Gasteiger partial charge in [-0.3, -0.25) is 4.79 Å². The number of rotatable bonds is 7. The maximum Gasteiger partial charge on any atom is 0.289 e. The van der Waals surface area contributed by atoms with Crippen molar-refractivity contribution >= 4 is 15.7 Å². The van der Waals surface area contributed by atoms with Crippen molar-refractivity contribution in [3.8, 4) is 0 Å². The van der Waals surface area contributed by atoms with Crippen LogP contribution in [0.15, 0.2) is 82.1 Å². The maximum absolute atomic E-state index is 12.7. The van der Waals surface area contributed by atoms with Crippen molar-refractivity contribution in [2.75, 3.05) is 6.54 Å². The number of benzene rings is 2. The number of nitrogens with zero attached hydrogens (tertiary/aromatic N) is 1. The number of furan rings is 1. The topological polar surface area (TPSA) is 67.6 Å². The molecule has 0 aliphatic carbocycles. The van der Waals surface area contributed by atoms with E-state index in [0.29, 0.717) is 13.1 Å². The number of hydrogen-bond donors (Lipinski definition) is 0. The van der Waals surface area contributed by atoms with Crippen LogP contribution in [0.2, 0.25) is 0 Å². The van der Waals surface area contributed by atoms with Gasteiger partial charge in [-0.05, 0) is 36.8 Å². The molecule has 0 unspecified atom stereocenters. The Morgan fingerprint density at radius 3 is 2.19 bits per heavy atom. The van der Waals surface area contributed by atoms with Crippen LogP contribution in [0.4, 0.5) is 0 Å². The molecule has 1 aromatic heterocycles. The average Bonchev–Trinajstić information content (AvgIpc) is 3.15. The molecule has 0 radical (unpaired) electrons. The van der Waals surface area contributed by atoms with Crippen molar-refractivity contribution in [3.63, 3.8) is 0 Å². The van der Waals surface area contributed by atoms with Crippen LogP contribution in [-0.2, 0) is 22.1 Å². The van der Waals surface area contributed by atoms with Gasteiger partial charge in [-0.15, -0.1) is 0 Å². The number of amides is 1. The molecule has 1 amide bonds. The summed E-state index contributed by atoms with van der Waals surface area (Å²) in [6.45, 7) is 2.88. The normalized spacial score (nSPS) is 11.3. The van der Waals surface area contributed by atoms with Crippen LogP contribution in [0, 0.1) is 0 Å². The van der Waals surface area contributed by atoms with Gasteiger partial charge in [0.25, 0.3) is 5.91 Å². The van der Waals surface area contributed by atoms with Gasteiger partial charge in [-0.1, -0.05) is 48.5 Å². The van der Waals surface area contributed by atoms with Gasteiger partial charge in [-0.2, -0.15) is 0 Å². The van der Waals surface area contributed by atoms with E-state index in [9.17, 15) is 13.2 Å². The lowest BCUT2D eigenvalue weighted by Gasteiger charge is -2.19. The Morgan fingerprint density at radius 2 is 1.56 bits per heavy atom. The summed E-state index contributed by atoms with van der Waals surface area (Å²) >= 11 is 0. The fourth-order valence-electron chi connectivity index (χ4n) is 2.76. The summed E-state index contributed by atoms with van der Waals surface area (Å²) in [4.78, 5) is 14.6. The van der Waals surface area contributed by atoms with Gasteiger partial charge in [0.2, 0.25) is 0 Å². The summed E-state index contributed by atoms with van der Waals surface area (Å²) in [5.74, 6) is -0.150. The highest BCUT2D eigenvalue weighted by atomic mass is 32.2. The van der Waals surface area contributed by atoms with Gasteiger partial charge in [0, 0.05) is 13.1 Å². The van der Waals surface area contributed by atoms with E-state index in [1.54, 1.807) is 41.3 Å². The summed E-state index contributed by atoms with van der Waals surface area (Å²) < 4.78 is 30.5. The first kappa shape index (κ1) is 18.9. The van der Waals surface area contributed by atoms with Crippen molar-refractivity contribution in [3.05, 3.63) is 89.9 Å². The van der Waals surface area contributed by atoms with E-state index >= 15 is 0 Å². The predicted molar refractivity (Wildman–Crippen MR) is 103 cm³/mol. The van der Waals surface area contributed by atoms with Crippen LogP contribution >= 0.6 is 0 Å². The lowest BCUT2D eigenvalue weighted by molar-refractivity contribution is 0.0719. The number of carbonyl (C=O) groups excluding carboxylic acids is 1. The van der Waals surface area contributed by atoms with E-state index in [1.807, 2.05) is 37.3 Å². The van der Waals surface area contributed by atoms with E-state index in [2.05, 4.69) is 0 Å². The molecule has 3 aromatic rings. The molecule has 0 aliphatic rings. The molecule has 27 heavy (non-hydrogen) atoms. The predicted octanol–water partition coefficient (Wildman–Crippen LogP) is 3.92. The zero-order chi connectivity index (χ0) is 19.3. The minimum atomic E-state index is -3.52. The SMILES string of the molecule is CCN(Cc1ccccc1)C(=O)c1ccc(CS(=O)(=O)c2ccccc2)o1. The Hall–Kier alpha value is -2.86. The Labute approximate surface area is 159 Å². The molecule has 0 aliphatic heterocycles. The van der Waals surface area contributed by atoms with Crippen molar-refractivity contribution in [1.29, 1.82) is 0 Å². The van der Waals surface area contributed by atoms with E-state index < -0.39 is 9.84 Å². The third-order valence-electron chi connectivity index (χ3n) is 4.19. The van der Waals surface area contributed by atoms with E-state index in [1.165, 1.54) is 6.07 Å². The Kier molecular flexibility index (Phi) is 5.76. The molecule has 0 saturated carbocycles. The summed E-state index contributed by atoms with van der Waals surface area (Å²) in [5, 5.41) is 0. The Balaban J connectivity index is 1.73. The van der Waals surface area contributed by atoms with Crippen LogP contribution in [0.25, 0.3) is 0 Å². The highest BCUT2D eigenvalue weighted by Crippen LogP contribution is 2.19. The summed E-state index contributed by atoms with van der Waals surface area (Å²) in [6, 6.07) is 21.0. The largest absolute Gasteiger partial charge is 0.455 e. The molecule has 2 aromatic carbocycles. The summed E-state index contributed by atoms with van der Waals surface area (Å²) in [5.41, 5.74) is 1.02. The van der Waals surface area contributed by atoms with Gasteiger partial charge in [0.05, 0.1) is 4.90 Å². The molecular weight excluding hydrogens is 362 g/mol. The maximum atomic E-state index is 12.7. The van der Waals surface area contributed by atoms with E-state index in [0.717, 1.165) is 5.56 Å². The molecule has 0 N–H and O–H groups in total. The van der Waals surface area contributed by atoms with Crippen molar-refractivity contribution < 1.29 is 17.6 Å². The lowest BCUT2D eigenvalue weighted by Crippen LogP contribution is -2.30. The second-order valence-electron chi connectivity index (χ2n) is 6.14. The zero-order valence-electron chi connectivity index (χ0n) is 15.0. The standard InChI is InChI=1S/C21H21NO4S/c1-2-22(15-17-9-5-3-6-10-17)21(23)20-14-13-18(26-20)16-27(24,25)19-11-7-4-8-12-19/h3-14H,2,15-16H2,1H3. The molecule has 3 rings (SSSR count). The monoisotopic (exact) mass is 383 g/mol. The second-order valence-corrected chi connectivity index (χ2v) is 8.13. The van der Waals surface area contributed by atoms with Crippen molar-refractivity contribution in [2.24, 2.45) is 0 Å². The first-order valence-corrected chi connectivity index (χ1v) is 10.3. The zero-order valence-corrected chi connectivity index (χ0v) is 15.9. The number of hydrogen-bond acceptors (Lipinski definition) is 4. The highest BCUT2D eigenvalue weighted by molar-refractivity contribution is 7.90. The van der Waals surface area contributed by atoms with Gasteiger partial charge >= 0.3 is 0 Å². The minimum absolute atomic E-state index is 0.144. The fraction of sp³-hybridized carbons (Fsp3) is 0.190. The number of sulfone groups is 1. The Bertz CT molecular complexity index is 995. The molecule has 0 fully saturated rings. The van der Waals surface area contributed by atoms with Gasteiger partial charge in [-0.25, -0.2) is 8.42 Å².